The lowest BCUT2D eigenvalue weighted by molar-refractivity contribution is -0.118. The number of hydrogen-bond acceptors (Lipinski definition) is 3. The van der Waals surface area contributed by atoms with E-state index < -0.39 is 6.04 Å². The fourth-order valence-corrected chi connectivity index (χ4v) is 3.08. The van der Waals surface area contributed by atoms with Gasteiger partial charge in [0.15, 0.2) is 0 Å². The number of amides is 3. The van der Waals surface area contributed by atoms with Gasteiger partial charge in [-0.25, -0.2) is 9.48 Å². The summed E-state index contributed by atoms with van der Waals surface area (Å²) in [6.45, 7) is 6.14. The van der Waals surface area contributed by atoms with Gasteiger partial charge >= 0.3 is 6.03 Å². The van der Waals surface area contributed by atoms with Crippen molar-refractivity contribution in [3.63, 3.8) is 0 Å². The van der Waals surface area contributed by atoms with Crippen molar-refractivity contribution >= 4 is 17.6 Å². The molecule has 7 nitrogen and oxygen atoms in total. The summed E-state index contributed by atoms with van der Waals surface area (Å²) in [7, 11) is 0. The lowest BCUT2D eigenvalue weighted by Gasteiger charge is -2.22. The zero-order valence-corrected chi connectivity index (χ0v) is 17.4. The molecule has 156 valence electrons. The van der Waals surface area contributed by atoms with E-state index in [-0.39, 0.29) is 17.9 Å². The minimum atomic E-state index is -0.670. The number of nitrogens with one attached hydrogen (secondary N) is 3. The lowest BCUT2D eigenvalue weighted by Crippen LogP contribution is -2.50. The minimum Gasteiger partial charge on any atom is -0.334 e. The molecule has 0 saturated heterocycles. The molecule has 0 radical (unpaired) electrons. The molecule has 3 aromatic rings. The van der Waals surface area contributed by atoms with Crippen LogP contribution in [0.1, 0.15) is 25.1 Å². The third kappa shape index (κ3) is 5.47. The molecule has 1 unspecified atom stereocenters. The number of carbonyl (C=O) groups excluding carboxylic acids is 2. The minimum absolute atomic E-state index is 0.0796. The maximum atomic E-state index is 12.9. The summed E-state index contributed by atoms with van der Waals surface area (Å²) in [6, 6.07) is 17.9. The second kappa shape index (κ2) is 9.73. The summed E-state index contributed by atoms with van der Waals surface area (Å²) in [5, 5.41) is 12.8. The Hall–Kier alpha value is -3.61. The molecule has 3 rings (SSSR count). The zero-order valence-electron chi connectivity index (χ0n) is 17.4. The third-order valence-corrected chi connectivity index (χ3v) is 4.72. The molecule has 3 N–H and O–H groups in total. The quantitative estimate of drug-likeness (QED) is 0.561. The summed E-state index contributed by atoms with van der Waals surface area (Å²) < 4.78 is 1.80. The Balaban J connectivity index is 1.63. The van der Waals surface area contributed by atoms with Crippen LogP contribution in [0.25, 0.3) is 5.69 Å². The van der Waals surface area contributed by atoms with Crippen molar-refractivity contribution in [3.05, 3.63) is 78.1 Å². The van der Waals surface area contributed by atoms with Gasteiger partial charge in [-0.1, -0.05) is 50.2 Å². The van der Waals surface area contributed by atoms with E-state index in [9.17, 15) is 9.59 Å². The Labute approximate surface area is 176 Å². The number of urea groups is 1. The highest BCUT2D eigenvalue weighted by atomic mass is 16.2. The first-order valence-electron chi connectivity index (χ1n) is 9.94. The Morgan fingerprint density at radius 1 is 1.03 bits per heavy atom. The standard InChI is InChI=1S/C23H27N5O2/c1-16(2)21(27-23(30)24-15-18-8-5-4-6-9-18)22(29)26-19-10-7-11-20(14-19)28-17(3)12-13-25-28/h4-14,16,21H,15H2,1-3H3,(H,26,29)(H2,24,27,30). The van der Waals surface area contributed by atoms with Gasteiger partial charge in [0.1, 0.15) is 6.04 Å². The highest BCUT2D eigenvalue weighted by Gasteiger charge is 2.24. The molecule has 0 aliphatic rings. The molecule has 1 atom stereocenters. The molecule has 0 fully saturated rings. The zero-order chi connectivity index (χ0) is 21.5. The van der Waals surface area contributed by atoms with E-state index in [1.807, 2.05) is 81.4 Å². The van der Waals surface area contributed by atoms with Crippen molar-refractivity contribution in [1.29, 1.82) is 0 Å². The highest BCUT2D eigenvalue weighted by Crippen LogP contribution is 2.16. The third-order valence-electron chi connectivity index (χ3n) is 4.72. The predicted octanol–water partition coefficient (Wildman–Crippen LogP) is 3.64. The molecule has 0 aliphatic heterocycles. The van der Waals surface area contributed by atoms with Crippen LogP contribution in [0.15, 0.2) is 66.9 Å². The van der Waals surface area contributed by atoms with Crippen LogP contribution in [0.3, 0.4) is 0 Å². The number of anilines is 1. The molecule has 1 aromatic heterocycles. The second-order valence-electron chi connectivity index (χ2n) is 7.46. The monoisotopic (exact) mass is 405 g/mol. The molecule has 0 saturated carbocycles. The van der Waals surface area contributed by atoms with E-state index in [1.54, 1.807) is 10.9 Å². The number of hydrogen-bond donors (Lipinski definition) is 3. The average Bonchev–Trinajstić information content (AvgIpc) is 3.17. The van der Waals surface area contributed by atoms with Crippen LogP contribution in [-0.4, -0.2) is 27.8 Å². The van der Waals surface area contributed by atoms with Gasteiger partial charge in [-0.15, -0.1) is 0 Å². The van der Waals surface area contributed by atoms with Crippen molar-refractivity contribution in [2.24, 2.45) is 5.92 Å². The summed E-state index contributed by atoms with van der Waals surface area (Å²) in [6.07, 6.45) is 1.73. The van der Waals surface area contributed by atoms with Crippen molar-refractivity contribution in [2.75, 3.05) is 5.32 Å². The molecular weight excluding hydrogens is 378 g/mol. The van der Waals surface area contributed by atoms with Gasteiger partial charge in [0, 0.05) is 24.1 Å². The van der Waals surface area contributed by atoms with E-state index in [0.717, 1.165) is 16.9 Å². The van der Waals surface area contributed by atoms with Crippen molar-refractivity contribution in [3.8, 4) is 5.69 Å². The van der Waals surface area contributed by atoms with Gasteiger partial charge in [-0.2, -0.15) is 5.10 Å². The predicted molar refractivity (Wildman–Crippen MR) is 117 cm³/mol. The smallest absolute Gasteiger partial charge is 0.315 e. The summed E-state index contributed by atoms with van der Waals surface area (Å²) in [4.78, 5) is 25.2. The SMILES string of the molecule is Cc1ccnn1-c1cccc(NC(=O)C(NC(=O)NCc2ccccc2)C(C)C)c1. The average molecular weight is 406 g/mol. The van der Waals surface area contributed by atoms with Gasteiger partial charge in [0.2, 0.25) is 5.91 Å². The number of benzene rings is 2. The Morgan fingerprint density at radius 2 is 1.80 bits per heavy atom. The normalized spacial score (nSPS) is 11.7. The van der Waals surface area contributed by atoms with Gasteiger partial charge in [-0.05, 0) is 42.7 Å². The van der Waals surface area contributed by atoms with Gasteiger partial charge in [0.25, 0.3) is 0 Å². The van der Waals surface area contributed by atoms with Crippen molar-refractivity contribution in [2.45, 2.75) is 33.4 Å². The maximum Gasteiger partial charge on any atom is 0.315 e. The van der Waals surface area contributed by atoms with Crippen LogP contribution in [0.4, 0.5) is 10.5 Å². The van der Waals surface area contributed by atoms with Crippen LogP contribution in [0.5, 0.6) is 0 Å². The first-order valence-corrected chi connectivity index (χ1v) is 9.94. The molecule has 7 heteroatoms. The van der Waals surface area contributed by atoms with E-state index in [2.05, 4.69) is 21.0 Å². The summed E-state index contributed by atoms with van der Waals surface area (Å²) >= 11 is 0. The number of nitrogens with zero attached hydrogens (tertiary/aromatic N) is 2. The van der Waals surface area contributed by atoms with Crippen LogP contribution in [0.2, 0.25) is 0 Å². The van der Waals surface area contributed by atoms with E-state index in [4.69, 9.17) is 0 Å². The van der Waals surface area contributed by atoms with Gasteiger partial charge < -0.3 is 16.0 Å². The van der Waals surface area contributed by atoms with E-state index in [0.29, 0.717) is 12.2 Å². The highest BCUT2D eigenvalue weighted by molar-refractivity contribution is 5.97. The van der Waals surface area contributed by atoms with Gasteiger partial charge in [-0.3, -0.25) is 4.79 Å². The van der Waals surface area contributed by atoms with Crippen molar-refractivity contribution in [1.82, 2.24) is 20.4 Å². The Kier molecular flexibility index (Phi) is 6.85. The first-order chi connectivity index (χ1) is 14.4. The van der Waals surface area contributed by atoms with E-state index >= 15 is 0 Å². The van der Waals surface area contributed by atoms with Crippen LogP contribution in [0, 0.1) is 12.8 Å². The summed E-state index contributed by atoms with van der Waals surface area (Å²) in [5.41, 5.74) is 3.48. The summed E-state index contributed by atoms with van der Waals surface area (Å²) in [5.74, 6) is -0.349. The molecule has 2 aromatic carbocycles. The fourth-order valence-electron chi connectivity index (χ4n) is 3.08. The topological polar surface area (TPSA) is 88.1 Å². The van der Waals surface area contributed by atoms with Gasteiger partial charge in [0.05, 0.1) is 5.69 Å². The largest absolute Gasteiger partial charge is 0.334 e. The Bertz CT molecular complexity index is 998. The van der Waals surface area contributed by atoms with Crippen LogP contribution in [-0.2, 0) is 11.3 Å². The second-order valence-corrected chi connectivity index (χ2v) is 7.46. The molecular formula is C23H27N5O2. The number of aromatic nitrogens is 2. The molecule has 0 spiro atoms. The molecule has 0 bridgehead atoms. The molecule has 3 amide bonds. The van der Waals surface area contributed by atoms with E-state index in [1.165, 1.54) is 0 Å². The number of aryl methyl sites for hydroxylation is 1. The Morgan fingerprint density at radius 3 is 2.47 bits per heavy atom. The first kappa shape index (κ1) is 21.1. The molecule has 1 heterocycles. The molecule has 0 aliphatic carbocycles. The van der Waals surface area contributed by atoms with Crippen LogP contribution < -0.4 is 16.0 Å². The lowest BCUT2D eigenvalue weighted by atomic mass is 10.0. The number of rotatable bonds is 7. The molecule has 30 heavy (non-hydrogen) atoms. The number of carbonyl (C=O) groups is 2. The maximum absolute atomic E-state index is 12.9. The van der Waals surface area contributed by atoms with Crippen LogP contribution >= 0.6 is 0 Å². The fraction of sp³-hybridized carbons (Fsp3) is 0.261. The van der Waals surface area contributed by atoms with Crippen molar-refractivity contribution < 1.29 is 9.59 Å².